The average Bonchev–Trinajstić information content (AvgIpc) is 3.08. The molecule has 0 aliphatic carbocycles. The Morgan fingerprint density at radius 1 is 1.16 bits per heavy atom. The van der Waals surface area contributed by atoms with E-state index in [1.807, 2.05) is 30.3 Å². The van der Waals surface area contributed by atoms with Crippen LogP contribution in [0.3, 0.4) is 0 Å². The van der Waals surface area contributed by atoms with Crippen molar-refractivity contribution >= 4 is 11.9 Å². The number of halogens is 1. The fourth-order valence-electron chi connectivity index (χ4n) is 3.23. The van der Waals surface area contributed by atoms with Crippen molar-refractivity contribution in [1.82, 2.24) is 4.90 Å². The van der Waals surface area contributed by atoms with Gasteiger partial charge in [-0.15, -0.1) is 0 Å². The third-order valence-corrected chi connectivity index (χ3v) is 4.55. The molecule has 0 radical (unpaired) electrons. The standard InChI is InChI=1S/C19H18FNO4/c1-25-17-9-13(7-8-16(17)20)18(22)21-10-14(15(11-21)19(23)24)12-5-3-2-4-6-12/h2-9,14-15H,10-11H2,1H3,(H,23,24)/t14-,15-/m0/s1. The van der Waals surface area contributed by atoms with E-state index in [9.17, 15) is 19.1 Å². The number of carboxylic acids is 1. The first-order chi connectivity index (χ1) is 12.0. The highest BCUT2D eigenvalue weighted by Gasteiger charge is 2.40. The summed E-state index contributed by atoms with van der Waals surface area (Å²) in [5.74, 6) is -2.77. The summed E-state index contributed by atoms with van der Waals surface area (Å²) in [5.41, 5.74) is 1.16. The molecule has 5 nitrogen and oxygen atoms in total. The Bertz CT molecular complexity index is 793. The number of aliphatic carboxylic acids is 1. The highest BCUT2D eigenvalue weighted by Crippen LogP contribution is 2.34. The van der Waals surface area contributed by atoms with Crippen molar-refractivity contribution in [3.63, 3.8) is 0 Å². The van der Waals surface area contributed by atoms with Crippen LogP contribution in [-0.2, 0) is 4.79 Å². The number of carbonyl (C=O) groups is 2. The molecule has 0 bridgehead atoms. The van der Waals surface area contributed by atoms with Crippen LogP contribution in [0.4, 0.5) is 4.39 Å². The molecular weight excluding hydrogens is 325 g/mol. The highest BCUT2D eigenvalue weighted by molar-refractivity contribution is 5.95. The molecule has 1 saturated heterocycles. The van der Waals surface area contributed by atoms with Crippen LogP contribution in [0.15, 0.2) is 48.5 Å². The van der Waals surface area contributed by atoms with Crippen molar-refractivity contribution in [1.29, 1.82) is 0 Å². The summed E-state index contributed by atoms with van der Waals surface area (Å²) in [6.45, 7) is 0.424. The maximum Gasteiger partial charge on any atom is 0.308 e. The number of likely N-dealkylation sites (tertiary alicyclic amines) is 1. The predicted molar refractivity (Wildman–Crippen MR) is 89.2 cm³/mol. The van der Waals surface area contributed by atoms with Crippen LogP contribution < -0.4 is 4.74 Å². The van der Waals surface area contributed by atoms with Gasteiger partial charge in [-0.1, -0.05) is 30.3 Å². The van der Waals surface area contributed by atoms with E-state index in [1.165, 1.54) is 30.2 Å². The maximum atomic E-state index is 13.5. The molecule has 0 spiro atoms. The Labute approximate surface area is 144 Å². The van der Waals surface area contributed by atoms with Gasteiger partial charge in [-0.25, -0.2) is 4.39 Å². The highest BCUT2D eigenvalue weighted by atomic mass is 19.1. The molecule has 6 heteroatoms. The number of nitrogens with zero attached hydrogens (tertiary/aromatic N) is 1. The van der Waals surface area contributed by atoms with Crippen molar-refractivity contribution < 1.29 is 23.8 Å². The van der Waals surface area contributed by atoms with Crippen molar-refractivity contribution in [3.8, 4) is 5.75 Å². The Balaban J connectivity index is 1.86. The zero-order valence-corrected chi connectivity index (χ0v) is 13.7. The lowest BCUT2D eigenvalue weighted by Gasteiger charge is -2.17. The van der Waals surface area contributed by atoms with Gasteiger partial charge >= 0.3 is 5.97 Å². The second-order valence-corrected chi connectivity index (χ2v) is 6.02. The van der Waals surface area contributed by atoms with Crippen molar-refractivity contribution in [2.75, 3.05) is 20.2 Å². The van der Waals surface area contributed by atoms with Gasteiger partial charge in [-0.3, -0.25) is 9.59 Å². The summed E-state index contributed by atoms with van der Waals surface area (Å²) in [7, 11) is 1.33. The molecule has 1 N–H and O–H groups in total. The summed E-state index contributed by atoms with van der Waals surface area (Å²) < 4.78 is 18.4. The number of rotatable bonds is 4. The molecule has 0 aromatic heterocycles. The number of benzene rings is 2. The monoisotopic (exact) mass is 343 g/mol. The van der Waals surface area contributed by atoms with E-state index in [2.05, 4.69) is 0 Å². The van der Waals surface area contributed by atoms with Gasteiger partial charge in [0.05, 0.1) is 13.0 Å². The summed E-state index contributed by atoms with van der Waals surface area (Å²) in [6.07, 6.45) is 0. The molecule has 1 amide bonds. The Hall–Kier alpha value is -2.89. The lowest BCUT2D eigenvalue weighted by Crippen LogP contribution is -2.30. The minimum absolute atomic E-state index is 0.0144. The topological polar surface area (TPSA) is 66.8 Å². The first kappa shape index (κ1) is 17.0. The Kier molecular flexibility index (Phi) is 4.70. The van der Waals surface area contributed by atoms with Crippen molar-refractivity contribution in [2.24, 2.45) is 5.92 Å². The number of carbonyl (C=O) groups excluding carboxylic acids is 1. The van der Waals surface area contributed by atoms with Crippen LogP contribution in [0.1, 0.15) is 21.8 Å². The Morgan fingerprint density at radius 2 is 1.88 bits per heavy atom. The van der Waals surface area contributed by atoms with Gasteiger partial charge in [-0.05, 0) is 23.8 Å². The van der Waals surface area contributed by atoms with Gasteiger partial charge in [0.2, 0.25) is 0 Å². The van der Waals surface area contributed by atoms with Gasteiger partial charge in [0, 0.05) is 24.6 Å². The van der Waals surface area contributed by atoms with E-state index in [1.54, 1.807) is 0 Å². The van der Waals surface area contributed by atoms with E-state index >= 15 is 0 Å². The van der Waals surface area contributed by atoms with Gasteiger partial charge < -0.3 is 14.7 Å². The lowest BCUT2D eigenvalue weighted by molar-refractivity contribution is -0.141. The van der Waals surface area contributed by atoms with Crippen molar-refractivity contribution in [2.45, 2.75) is 5.92 Å². The second kappa shape index (κ2) is 6.93. The molecule has 1 aliphatic rings. The maximum absolute atomic E-state index is 13.5. The van der Waals surface area contributed by atoms with Crippen LogP contribution in [0.2, 0.25) is 0 Å². The molecule has 130 valence electrons. The van der Waals surface area contributed by atoms with Crippen LogP contribution in [0.5, 0.6) is 5.75 Å². The minimum atomic E-state index is -0.930. The van der Waals surface area contributed by atoms with E-state index in [0.717, 1.165) is 5.56 Å². The van der Waals surface area contributed by atoms with Crippen LogP contribution in [0.25, 0.3) is 0 Å². The van der Waals surface area contributed by atoms with Crippen LogP contribution in [0, 0.1) is 11.7 Å². The summed E-state index contributed by atoms with van der Waals surface area (Å²) in [5, 5.41) is 9.53. The second-order valence-electron chi connectivity index (χ2n) is 6.02. The number of hydrogen-bond donors (Lipinski definition) is 1. The van der Waals surface area contributed by atoms with E-state index in [4.69, 9.17) is 4.74 Å². The molecule has 1 heterocycles. The smallest absolute Gasteiger partial charge is 0.308 e. The molecule has 1 aliphatic heterocycles. The molecule has 2 aromatic rings. The molecule has 0 unspecified atom stereocenters. The number of ether oxygens (including phenoxy) is 1. The predicted octanol–water partition coefficient (Wildman–Crippen LogP) is 2.77. The fourth-order valence-corrected chi connectivity index (χ4v) is 3.23. The third kappa shape index (κ3) is 3.33. The molecular formula is C19H18FNO4. The van der Waals surface area contributed by atoms with Crippen molar-refractivity contribution in [3.05, 3.63) is 65.5 Å². The number of methoxy groups -OCH3 is 1. The lowest BCUT2D eigenvalue weighted by atomic mass is 9.89. The minimum Gasteiger partial charge on any atom is -0.494 e. The molecule has 25 heavy (non-hydrogen) atoms. The number of carboxylic acid groups (broad SMARTS) is 1. The largest absolute Gasteiger partial charge is 0.494 e. The van der Waals surface area contributed by atoms with Crippen LogP contribution in [-0.4, -0.2) is 42.1 Å². The van der Waals surface area contributed by atoms with E-state index in [-0.39, 0.29) is 29.7 Å². The van der Waals surface area contributed by atoms with E-state index in [0.29, 0.717) is 6.54 Å². The van der Waals surface area contributed by atoms with Gasteiger partial charge in [0.25, 0.3) is 5.91 Å². The summed E-state index contributed by atoms with van der Waals surface area (Å²) in [6, 6.07) is 13.2. The zero-order chi connectivity index (χ0) is 18.0. The normalized spacial score (nSPS) is 19.7. The summed E-state index contributed by atoms with van der Waals surface area (Å²) >= 11 is 0. The molecule has 0 saturated carbocycles. The van der Waals surface area contributed by atoms with Gasteiger partial charge in [-0.2, -0.15) is 0 Å². The molecule has 2 atom stereocenters. The molecule has 2 aromatic carbocycles. The number of hydrogen-bond acceptors (Lipinski definition) is 3. The Morgan fingerprint density at radius 3 is 2.52 bits per heavy atom. The van der Waals surface area contributed by atoms with E-state index < -0.39 is 17.7 Å². The molecule has 3 rings (SSSR count). The van der Waals surface area contributed by atoms with Gasteiger partial charge in [0.15, 0.2) is 11.6 Å². The zero-order valence-electron chi connectivity index (χ0n) is 13.7. The molecule has 1 fully saturated rings. The number of amides is 1. The SMILES string of the molecule is COc1cc(C(=O)N2C[C@H](C(=O)O)[C@H](c3ccccc3)C2)ccc1F. The average molecular weight is 343 g/mol. The quantitative estimate of drug-likeness (QED) is 0.927. The first-order valence-electron chi connectivity index (χ1n) is 7.92. The summed E-state index contributed by atoms with van der Waals surface area (Å²) in [4.78, 5) is 25.9. The first-order valence-corrected chi connectivity index (χ1v) is 7.92. The third-order valence-electron chi connectivity index (χ3n) is 4.55. The van der Waals surface area contributed by atoms with Gasteiger partial charge in [0.1, 0.15) is 0 Å². The fraction of sp³-hybridized carbons (Fsp3) is 0.263. The van der Waals surface area contributed by atoms with Crippen LogP contribution >= 0.6 is 0 Å².